The number of amides is 1. The summed E-state index contributed by atoms with van der Waals surface area (Å²) >= 11 is 0. The van der Waals surface area contributed by atoms with E-state index in [1.807, 2.05) is 23.1 Å². The van der Waals surface area contributed by atoms with E-state index in [4.69, 9.17) is 6.42 Å². The van der Waals surface area contributed by atoms with Crippen LogP contribution in [0.3, 0.4) is 0 Å². The molecule has 0 atom stereocenters. The van der Waals surface area contributed by atoms with Gasteiger partial charge in [0.05, 0.1) is 13.1 Å². The third-order valence-corrected chi connectivity index (χ3v) is 3.11. The summed E-state index contributed by atoms with van der Waals surface area (Å²) in [5.41, 5.74) is 0. The van der Waals surface area contributed by atoms with Gasteiger partial charge >= 0.3 is 0 Å². The van der Waals surface area contributed by atoms with Crippen molar-refractivity contribution in [3.63, 3.8) is 0 Å². The number of hydrogen-bond acceptors (Lipinski definition) is 4. The molecular formula is C14H18N4O. The van der Waals surface area contributed by atoms with E-state index in [-0.39, 0.29) is 5.91 Å². The standard InChI is InChI=1S/C14H18N4O/c1-2-6-15-12-14(19)18-10-8-17(9-11-18)13-5-3-4-7-16-13/h1,3-5,7,15H,6,8-12H2. The number of pyridine rings is 1. The number of aromatic nitrogens is 1. The Kier molecular flexibility index (Phi) is 4.76. The first-order chi connectivity index (χ1) is 9.31. The summed E-state index contributed by atoms with van der Waals surface area (Å²) < 4.78 is 0. The Morgan fingerprint density at radius 1 is 1.37 bits per heavy atom. The molecule has 1 saturated heterocycles. The fraction of sp³-hybridized carbons (Fsp3) is 0.429. The average Bonchev–Trinajstić information content (AvgIpc) is 2.48. The molecule has 0 radical (unpaired) electrons. The molecule has 5 heteroatoms. The van der Waals surface area contributed by atoms with Crippen LogP contribution in [0, 0.1) is 12.3 Å². The van der Waals surface area contributed by atoms with Gasteiger partial charge < -0.3 is 9.80 Å². The number of terminal acetylenes is 1. The van der Waals surface area contributed by atoms with Gasteiger partial charge in [0.1, 0.15) is 5.82 Å². The summed E-state index contributed by atoms with van der Waals surface area (Å²) in [7, 11) is 0. The summed E-state index contributed by atoms with van der Waals surface area (Å²) in [6.07, 6.45) is 6.91. The molecule has 2 heterocycles. The van der Waals surface area contributed by atoms with Crippen LogP contribution >= 0.6 is 0 Å². The minimum Gasteiger partial charge on any atom is -0.353 e. The Bertz CT molecular complexity index is 446. The van der Waals surface area contributed by atoms with Crippen molar-refractivity contribution in [3.05, 3.63) is 24.4 Å². The Balaban J connectivity index is 1.79. The Morgan fingerprint density at radius 3 is 2.79 bits per heavy atom. The van der Waals surface area contributed by atoms with Gasteiger partial charge in [0, 0.05) is 32.4 Å². The van der Waals surface area contributed by atoms with Gasteiger partial charge in [0.25, 0.3) is 0 Å². The number of nitrogens with one attached hydrogen (secondary N) is 1. The average molecular weight is 258 g/mol. The molecule has 0 bridgehead atoms. The predicted molar refractivity (Wildman–Crippen MR) is 74.7 cm³/mol. The summed E-state index contributed by atoms with van der Waals surface area (Å²) in [6, 6.07) is 5.87. The van der Waals surface area contributed by atoms with Crippen LogP contribution in [-0.4, -0.2) is 55.1 Å². The van der Waals surface area contributed by atoms with Crippen molar-refractivity contribution >= 4 is 11.7 Å². The maximum Gasteiger partial charge on any atom is 0.236 e. The lowest BCUT2D eigenvalue weighted by molar-refractivity contribution is -0.130. The molecule has 2 rings (SSSR count). The molecule has 19 heavy (non-hydrogen) atoms. The topological polar surface area (TPSA) is 48.5 Å². The lowest BCUT2D eigenvalue weighted by atomic mass is 10.3. The SMILES string of the molecule is C#CCNCC(=O)N1CCN(c2ccccn2)CC1. The van der Waals surface area contributed by atoms with Crippen molar-refractivity contribution < 1.29 is 4.79 Å². The van der Waals surface area contributed by atoms with Crippen LogP contribution in [0.4, 0.5) is 5.82 Å². The van der Waals surface area contributed by atoms with E-state index in [2.05, 4.69) is 21.1 Å². The maximum absolute atomic E-state index is 11.9. The van der Waals surface area contributed by atoms with Crippen molar-refractivity contribution in [1.82, 2.24) is 15.2 Å². The molecule has 0 aromatic carbocycles. The third kappa shape index (κ3) is 3.70. The molecule has 0 saturated carbocycles. The number of anilines is 1. The second-order valence-electron chi connectivity index (χ2n) is 4.36. The molecule has 0 unspecified atom stereocenters. The molecule has 100 valence electrons. The molecule has 1 amide bonds. The van der Waals surface area contributed by atoms with Gasteiger partial charge in [-0.2, -0.15) is 0 Å². The van der Waals surface area contributed by atoms with E-state index >= 15 is 0 Å². The van der Waals surface area contributed by atoms with E-state index in [0.717, 1.165) is 32.0 Å². The normalized spacial score (nSPS) is 15.1. The Morgan fingerprint density at radius 2 is 2.16 bits per heavy atom. The quantitative estimate of drug-likeness (QED) is 0.608. The maximum atomic E-state index is 11.9. The molecule has 1 aromatic rings. The monoisotopic (exact) mass is 258 g/mol. The number of carbonyl (C=O) groups excluding carboxylic acids is 1. The van der Waals surface area contributed by atoms with Gasteiger partial charge in [-0.25, -0.2) is 4.98 Å². The molecule has 1 aromatic heterocycles. The van der Waals surface area contributed by atoms with Gasteiger partial charge in [-0.3, -0.25) is 10.1 Å². The number of rotatable bonds is 4. The highest BCUT2D eigenvalue weighted by atomic mass is 16.2. The van der Waals surface area contributed by atoms with Crippen molar-refractivity contribution in [2.75, 3.05) is 44.2 Å². The van der Waals surface area contributed by atoms with E-state index in [1.54, 1.807) is 6.20 Å². The smallest absolute Gasteiger partial charge is 0.236 e. The van der Waals surface area contributed by atoms with E-state index in [1.165, 1.54) is 0 Å². The molecular weight excluding hydrogens is 240 g/mol. The minimum atomic E-state index is 0.107. The zero-order valence-corrected chi connectivity index (χ0v) is 10.9. The van der Waals surface area contributed by atoms with Crippen molar-refractivity contribution in [1.29, 1.82) is 0 Å². The van der Waals surface area contributed by atoms with Gasteiger partial charge in [-0.1, -0.05) is 12.0 Å². The molecule has 1 N–H and O–H groups in total. The zero-order valence-electron chi connectivity index (χ0n) is 10.9. The van der Waals surface area contributed by atoms with Crippen LogP contribution in [-0.2, 0) is 4.79 Å². The minimum absolute atomic E-state index is 0.107. The predicted octanol–water partition coefficient (Wildman–Crippen LogP) is -0.0470. The first-order valence-electron chi connectivity index (χ1n) is 6.39. The molecule has 5 nitrogen and oxygen atoms in total. The molecule has 1 aliphatic rings. The van der Waals surface area contributed by atoms with Gasteiger partial charge in [-0.15, -0.1) is 6.42 Å². The van der Waals surface area contributed by atoms with Crippen molar-refractivity contribution in [2.45, 2.75) is 0 Å². The van der Waals surface area contributed by atoms with Crippen LogP contribution in [0.2, 0.25) is 0 Å². The van der Waals surface area contributed by atoms with Crippen LogP contribution in [0.15, 0.2) is 24.4 Å². The van der Waals surface area contributed by atoms with Crippen LogP contribution in [0.1, 0.15) is 0 Å². The Labute approximate surface area is 113 Å². The lowest BCUT2D eigenvalue weighted by Crippen LogP contribution is -2.51. The Hall–Kier alpha value is -2.06. The number of piperazine rings is 1. The van der Waals surface area contributed by atoms with E-state index < -0.39 is 0 Å². The highest BCUT2D eigenvalue weighted by Gasteiger charge is 2.21. The third-order valence-electron chi connectivity index (χ3n) is 3.11. The van der Waals surface area contributed by atoms with Gasteiger partial charge in [0.2, 0.25) is 5.91 Å². The first kappa shape index (κ1) is 13.4. The molecule has 1 aliphatic heterocycles. The largest absolute Gasteiger partial charge is 0.353 e. The highest BCUT2D eigenvalue weighted by molar-refractivity contribution is 5.78. The van der Waals surface area contributed by atoms with Crippen LogP contribution in [0.5, 0.6) is 0 Å². The lowest BCUT2D eigenvalue weighted by Gasteiger charge is -2.35. The van der Waals surface area contributed by atoms with E-state index in [0.29, 0.717) is 13.1 Å². The van der Waals surface area contributed by atoms with Gasteiger partial charge in [0.15, 0.2) is 0 Å². The highest BCUT2D eigenvalue weighted by Crippen LogP contribution is 2.12. The fourth-order valence-corrected chi connectivity index (χ4v) is 2.08. The van der Waals surface area contributed by atoms with E-state index in [9.17, 15) is 4.79 Å². The number of hydrogen-bond donors (Lipinski definition) is 1. The molecule has 0 aliphatic carbocycles. The second-order valence-corrected chi connectivity index (χ2v) is 4.36. The first-order valence-corrected chi connectivity index (χ1v) is 6.39. The van der Waals surface area contributed by atoms with Crippen molar-refractivity contribution in [2.24, 2.45) is 0 Å². The van der Waals surface area contributed by atoms with Crippen LogP contribution in [0.25, 0.3) is 0 Å². The second kappa shape index (κ2) is 6.76. The molecule has 1 fully saturated rings. The fourth-order valence-electron chi connectivity index (χ4n) is 2.08. The summed E-state index contributed by atoms with van der Waals surface area (Å²) in [5, 5.41) is 2.92. The van der Waals surface area contributed by atoms with Crippen molar-refractivity contribution in [3.8, 4) is 12.3 Å². The van der Waals surface area contributed by atoms with Crippen LogP contribution < -0.4 is 10.2 Å². The van der Waals surface area contributed by atoms with Gasteiger partial charge in [-0.05, 0) is 12.1 Å². The number of carbonyl (C=O) groups is 1. The molecule has 0 spiro atoms. The zero-order chi connectivity index (χ0) is 13.5. The summed E-state index contributed by atoms with van der Waals surface area (Å²) in [4.78, 5) is 20.3. The summed E-state index contributed by atoms with van der Waals surface area (Å²) in [5.74, 6) is 3.54. The number of nitrogens with zero attached hydrogens (tertiary/aromatic N) is 3. The summed E-state index contributed by atoms with van der Waals surface area (Å²) in [6.45, 7) is 3.84.